The molecule has 3 heterocycles. The first kappa shape index (κ1) is 19.1. The van der Waals surface area contributed by atoms with E-state index in [4.69, 9.17) is 4.74 Å². The zero-order valence-corrected chi connectivity index (χ0v) is 16.6. The summed E-state index contributed by atoms with van der Waals surface area (Å²) < 4.78 is 7.02. The molecule has 0 atom stereocenters. The largest absolute Gasteiger partial charge is 0.378 e. The fourth-order valence-electron chi connectivity index (χ4n) is 3.35. The van der Waals surface area contributed by atoms with E-state index in [2.05, 4.69) is 32.4 Å². The highest BCUT2D eigenvalue weighted by Crippen LogP contribution is 2.20. The summed E-state index contributed by atoms with van der Waals surface area (Å²) in [5.41, 5.74) is 3.74. The molecule has 8 heteroatoms. The normalized spacial score (nSPS) is 14.1. The highest BCUT2D eigenvalue weighted by atomic mass is 16.5. The third-order valence-electron chi connectivity index (χ3n) is 5.00. The number of carbonyl (C=O) groups excluding carboxylic acids is 1. The van der Waals surface area contributed by atoms with Gasteiger partial charge in [0.05, 0.1) is 36.5 Å². The Hall–Kier alpha value is -3.26. The number of pyridine rings is 1. The Bertz CT molecular complexity index is 1010. The summed E-state index contributed by atoms with van der Waals surface area (Å²) in [6.07, 6.45) is 2.52. The number of aromatic nitrogens is 4. The Kier molecular flexibility index (Phi) is 5.53. The monoisotopic (exact) mass is 392 g/mol. The molecule has 4 rings (SSSR count). The number of benzene rings is 1. The van der Waals surface area contributed by atoms with Gasteiger partial charge in [-0.15, -0.1) is 5.10 Å². The lowest BCUT2D eigenvalue weighted by Gasteiger charge is -2.28. The van der Waals surface area contributed by atoms with Crippen molar-refractivity contribution < 1.29 is 9.53 Å². The number of ether oxygens (including phenoxy) is 1. The molecule has 1 saturated heterocycles. The Balaban J connectivity index is 1.49. The lowest BCUT2D eigenvalue weighted by molar-refractivity contribution is 0.102. The molecular formula is C21H24N6O2. The third kappa shape index (κ3) is 4.12. The van der Waals surface area contributed by atoms with E-state index in [9.17, 15) is 4.79 Å². The average molecular weight is 392 g/mol. The maximum Gasteiger partial charge on any atom is 0.277 e. The maximum atomic E-state index is 12.7. The minimum absolute atomic E-state index is 0.257. The van der Waals surface area contributed by atoms with E-state index in [1.165, 1.54) is 0 Å². The van der Waals surface area contributed by atoms with Crippen LogP contribution in [0.1, 0.15) is 28.7 Å². The van der Waals surface area contributed by atoms with Gasteiger partial charge in [-0.1, -0.05) is 30.3 Å². The quantitative estimate of drug-likeness (QED) is 0.718. The van der Waals surface area contributed by atoms with Crippen molar-refractivity contribution in [2.24, 2.45) is 0 Å². The molecule has 0 unspecified atom stereocenters. The van der Waals surface area contributed by atoms with Crippen molar-refractivity contribution in [2.75, 3.05) is 36.5 Å². The van der Waals surface area contributed by atoms with Gasteiger partial charge in [0, 0.05) is 13.1 Å². The molecule has 1 aromatic carbocycles. The summed E-state index contributed by atoms with van der Waals surface area (Å²) in [7, 11) is 0. The lowest BCUT2D eigenvalue weighted by atomic mass is 10.1. The van der Waals surface area contributed by atoms with Crippen molar-refractivity contribution in [3.8, 4) is 5.69 Å². The highest BCUT2D eigenvalue weighted by molar-refractivity contribution is 6.03. The van der Waals surface area contributed by atoms with Gasteiger partial charge < -0.3 is 15.0 Å². The molecule has 1 aliphatic heterocycles. The fourth-order valence-corrected chi connectivity index (χ4v) is 3.35. The smallest absolute Gasteiger partial charge is 0.277 e. The molecule has 0 radical (unpaired) electrons. The maximum absolute atomic E-state index is 12.7. The summed E-state index contributed by atoms with van der Waals surface area (Å²) in [4.78, 5) is 19.5. The predicted octanol–water partition coefficient (Wildman–Crippen LogP) is 2.62. The average Bonchev–Trinajstić information content (AvgIpc) is 3.26. The van der Waals surface area contributed by atoms with E-state index in [0.717, 1.165) is 42.3 Å². The Labute approximate surface area is 169 Å². The van der Waals surface area contributed by atoms with Gasteiger partial charge in [0.15, 0.2) is 5.69 Å². The molecule has 3 aromatic rings. The molecule has 29 heavy (non-hydrogen) atoms. The number of nitrogens with zero attached hydrogens (tertiary/aromatic N) is 5. The molecule has 1 fully saturated rings. The van der Waals surface area contributed by atoms with E-state index in [1.807, 2.05) is 43.3 Å². The molecule has 150 valence electrons. The summed E-state index contributed by atoms with van der Waals surface area (Å²) >= 11 is 0. The Morgan fingerprint density at radius 1 is 1.17 bits per heavy atom. The number of hydrogen-bond donors (Lipinski definition) is 1. The van der Waals surface area contributed by atoms with Crippen LogP contribution in [-0.2, 0) is 11.2 Å². The van der Waals surface area contributed by atoms with Gasteiger partial charge in [-0.25, -0.2) is 9.67 Å². The zero-order chi connectivity index (χ0) is 20.2. The first-order valence-electron chi connectivity index (χ1n) is 9.78. The van der Waals surface area contributed by atoms with Crippen molar-refractivity contribution in [3.63, 3.8) is 0 Å². The fraction of sp³-hybridized carbons (Fsp3) is 0.333. The van der Waals surface area contributed by atoms with Crippen LogP contribution in [0.3, 0.4) is 0 Å². The topological polar surface area (TPSA) is 85.2 Å². The predicted molar refractivity (Wildman–Crippen MR) is 111 cm³/mol. The second kappa shape index (κ2) is 8.40. The van der Waals surface area contributed by atoms with Gasteiger partial charge in [0.2, 0.25) is 0 Å². The van der Waals surface area contributed by atoms with E-state index >= 15 is 0 Å². The summed E-state index contributed by atoms with van der Waals surface area (Å²) in [5.74, 6) is 0.583. The van der Waals surface area contributed by atoms with Crippen LogP contribution in [0.5, 0.6) is 0 Å². The number of aryl methyl sites for hydroxylation is 2. The van der Waals surface area contributed by atoms with Gasteiger partial charge in [0.25, 0.3) is 5.91 Å². The molecule has 0 spiro atoms. The molecule has 2 aromatic heterocycles. The number of rotatable bonds is 5. The SMILES string of the molecule is CCc1ccccc1-n1cc(C(=O)Nc2ccc(N3CCOCC3)nc2C)nn1. The van der Waals surface area contributed by atoms with E-state index in [-0.39, 0.29) is 11.6 Å². The molecule has 0 saturated carbocycles. The van der Waals surface area contributed by atoms with Crippen LogP contribution < -0.4 is 10.2 Å². The number of anilines is 2. The van der Waals surface area contributed by atoms with E-state index in [1.54, 1.807) is 10.9 Å². The number of nitrogens with one attached hydrogen (secondary N) is 1. The Morgan fingerprint density at radius 2 is 1.97 bits per heavy atom. The number of carbonyl (C=O) groups is 1. The van der Waals surface area contributed by atoms with Gasteiger partial charge in [-0.3, -0.25) is 4.79 Å². The van der Waals surface area contributed by atoms with Crippen LogP contribution in [0.15, 0.2) is 42.6 Å². The standard InChI is InChI=1S/C21H24N6O2/c1-3-16-6-4-5-7-19(16)27-14-18(24-25-27)21(28)23-17-8-9-20(22-15(17)2)26-10-12-29-13-11-26/h4-9,14H,3,10-13H2,1-2H3,(H,23,28). The van der Waals surface area contributed by atoms with Crippen LogP contribution in [0.2, 0.25) is 0 Å². The highest BCUT2D eigenvalue weighted by Gasteiger charge is 2.16. The van der Waals surface area contributed by atoms with Crippen molar-refractivity contribution >= 4 is 17.4 Å². The first-order valence-corrected chi connectivity index (χ1v) is 9.78. The summed E-state index contributed by atoms with van der Waals surface area (Å²) in [5, 5.41) is 11.1. The minimum atomic E-state index is -0.311. The molecule has 0 aliphatic carbocycles. The van der Waals surface area contributed by atoms with Gasteiger partial charge in [-0.05, 0) is 37.1 Å². The second-order valence-electron chi connectivity index (χ2n) is 6.89. The summed E-state index contributed by atoms with van der Waals surface area (Å²) in [6, 6.07) is 11.7. The molecule has 8 nitrogen and oxygen atoms in total. The van der Waals surface area contributed by atoms with E-state index < -0.39 is 0 Å². The first-order chi connectivity index (χ1) is 14.2. The lowest BCUT2D eigenvalue weighted by Crippen LogP contribution is -2.36. The van der Waals surface area contributed by atoms with Gasteiger partial charge >= 0.3 is 0 Å². The van der Waals surface area contributed by atoms with Crippen LogP contribution in [0, 0.1) is 6.92 Å². The van der Waals surface area contributed by atoms with Crippen LogP contribution in [0.25, 0.3) is 5.69 Å². The molecule has 0 bridgehead atoms. The molecule has 1 amide bonds. The van der Waals surface area contributed by atoms with E-state index in [0.29, 0.717) is 18.9 Å². The summed E-state index contributed by atoms with van der Waals surface area (Å²) in [6.45, 7) is 7.01. The van der Waals surface area contributed by atoms with Crippen LogP contribution >= 0.6 is 0 Å². The zero-order valence-electron chi connectivity index (χ0n) is 16.6. The number of hydrogen-bond acceptors (Lipinski definition) is 6. The number of morpholine rings is 1. The third-order valence-corrected chi connectivity index (χ3v) is 5.00. The van der Waals surface area contributed by atoms with Crippen molar-refractivity contribution in [2.45, 2.75) is 20.3 Å². The van der Waals surface area contributed by atoms with Crippen molar-refractivity contribution in [3.05, 3.63) is 59.5 Å². The van der Waals surface area contributed by atoms with Gasteiger partial charge in [-0.2, -0.15) is 0 Å². The van der Waals surface area contributed by atoms with Crippen LogP contribution in [0.4, 0.5) is 11.5 Å². The van der Waals surface area contributed by atoms with Gasteiger partial charge in [0.1, 0.15) is 5.82 Å². The Morgan fingerprint density at radius 3 is 2.72 bits per heavy atom. The minimum Gasteiger partial charge on any atom is -0.378 e. The molecule has 1 aliphatic rings. The number of amides is 1. The second-order valence-corrected chi connectivity index (χ2v) is 6.89. The van der Waals surface area contributed by atoms with Crippen molar-refractivity contribution in [1.29, 1.82) is 0 Å². The van der Waals surface area contributed by atoms with Crippen LogP contribution in [-0.4, -0.2) is 52.2 Å². The molecular weight excluding hydrogens is 368 g/mol. The van der Waals surface area contributed by atoms with Crippen molar-refractivity contribution in [1.82, 2.24) is 20.0 Å². The number of para-hydroxylation sites is 1. The molecule has 1 N–H and O–H groups in total.